The van der Waals surface area contributed by atoms with Crippen molar-refractivity contribution in [2.24, 2.45) is 0 Å². The Morgan fingerprint density at radius 1 is 1.17 bits per heavy atom. The summed E-state index contributed by atoms with van der Waals surface area (Å²) < 4.78 is 38.1. The number of thioether (sulfide) groups is 1. The molecule has 1 amide bonds. The van der Waals surface area contributed by atoms with Gasteiger partial charge >= 0.3 is 6.18 Å². The predicted octanol–water partition coefficient (Wildman–Crippen LogP) is 4.51. The van der Waals surface area contributed by atoms with E-state index in [1.54, 1.807) is 18.3 Å². The molecule has 3 rings (SSSR count). The first-order chi connectivity index (χ1) is 11.4. The van der Waals surface area contributed by atoms with E-state index in [4.69, 9.17) is 12.2 Å². The smallest absolute Gasteiger partial charge is 0.268 e. The van der Waals surface area contributed by atoms with Crippen LogP contribution in [0.5, 0.6) is 0 Å². The number of nitrogens with zero attached hydrogens (tertiary/aromatic N) is 2. The molecule has 2 heterocycles. The van der Waals surface area contributed by atoms with Crippen molar-refractivity contribution in [2.75, 3.05) is 4.90 Å². The van der Waals surface area contributed by atoms with Crippen LogP contribution in [0.3, 0.4) is 0 Å². The van der Waals surface area contributed by atoms with E-state index in [1.165, 1.54) is 29.3 Å². The molecule has 3 nitrogen and oxygen atoms in total. The molecular weight excluding hydrogens is 357 g/mol. The first-order valence-corrected chi connectivity index (χ1v) is 7.94. The molecule has 1 fully saturated rings. The van der Waals surface area contributed by atoms with Gasteiger partial charge in [0.25, 0.3) is 5.91 Å². The minimum absolute atomic E-state index is 0.321. The fraction of sp³-hybridized carbons (Fsp3) is 0.0625. The largest absolute Gasteiger partial charge is 0.416 e. The predicted molar refractivity (Wildman–Crippen MR) is 91.3 cm³/mol. The summed E-state index contributed by atoms with van der Waals surface area (Å²) in [6.45, 7) is 0. The SMILES string of the molecule is O=C1/C(=C/c2ccc(C(F)(F)F)cc2)SC(=S)N1c1cccnc1. The highest BCUT2D eigenvalue weighted by Gasteiger charge is 2.33. The van der Waals surface area contributed by atoms with Crippen LogP contribution in [-0.2, 0) is 11.0 Å². The van der Waals surface area contributed by atoms with Crippen molar-refractivity contribution in [1.82, 2.24) is 4.98 Å². The van der Waals surface area contributed by atoms with Gasteiger partial charge in [0.15, 0.2) is 4.32 Å². The minimum atomic E-state index is -4.39. The van der Waals surface area contributed by atoms with E-state index in [0.29, 0.717) is 20.5 Å². The highest BCUT2D eigenvalue weighted by atomic mass is 32.2. The van der Waals surface area contributed by atoms with E-state index in [0.717, 1.165) is 23.9 Å². The van der Waals surface area contributed by atoms with E-state index in [1.807, 2.05) is 0 Å². The van der Waals surface area contributed by atoms with Gasteiger partial charge in [-0.25, -0.2) is 0 Å². The monoisotopic (exact) mass is 366 g/mol. The second-order valence-corrected chi connectivity index (χ2v) is 6.52. The number of aromatic nitrogens is 1. The normalized spacial score (nSPS) is 17.0. The number of carbonyl (C=O) groups is 1. The summed E-state index contributed by atoms with van der Waals surface area (Å²) in [5.74, 6) is -0.321. The zero-order chi connectivity index (χ0) is 17.3. The van der Waals surface area contributed by atoms with Crippen molar-refractivity contribution in [3.8, 4) is 0 Å². The quantitative estimate of drug-likeness (QED) is 0.579. The van der Waals surface area contributed by atoms with Crippen LogP contribution in [0.15, 0.2) is 53.7 Å². The number of amides is 1. The average molecular weight is 366 g/mol. The van der Waals surface area contributed by atoms with Gasteiger partial charge in [0.2, 0.25) is 0 Å². The van der Waals surface area contributed by atoms with Crippen LogP contribution in [0.1, 0.15) is 11.1 Å². The average Bonchev–Trinajstić information content (AvgIpc) is 2.82. The zero-order valence-corrected chi connectivity index (χ0v) is 13.6. The maximum absolute atomic E-state index is 12.6. The molecule has 0 unspecified atom stereocenters. The molecule has 2 aromatic rings. The van der Waals surface area contributed by atoms with Crippen molar-refractivity contribution >= 4 is 46.0 Å². The van der Waals surface area contributed by atoms with Crippen molar-refractivity contribution in [1.29, 1.82) is 0 Å². The lowest BCUT2D eigenvalue weighted by Gasteiger charge is -2.13. The van der Waals surface area contributed by atoms with Crippen LogP contribution in [0, 0.1) is 0 Å². The van der Waals surface area contributed by atoms with Gasteiger partial charge in [-0.1, -0.05) is 36.1 Å². The standard InChI is InChI=1S/C16H9F3N2OS2/c17-16(18,19)11-5-3-10(4-6-11)8-13-14(22)21(15(23)24-13)12-2-1-7-20-9-12/h1-9H/b13-8-. The van der Waals surface area contributed by atoms with Crippen LogP contribution >= 0.6 is 24.0 Å². The number of thiocarbonyl (C=S) groups is 1. The number of halogens is 3. The number of alkyl halides is 3. The van der Waals surface area contributed by atoms with E-state index < -0.39 is 11.7 Å². The Labute approximate surface area is 145 Å². The third kappa shape index (κ3) is 3.34. The molecular formula is C16H9F3N2OS2. The van der Waals surface area contributed by atoms with E-state index in [9.17, 15) is 18.0 Å². The summed E-state index contributed by atoms with van der Waals surface area (Å²) in [5.41, 5.74) is 0.313. The maximum atomic E-state index is 12.6. The first kappa shape index (κ1) is 16.7. The van der Waals surface area contributed by atoms with Crippen molar-refractivity contribution in [3.63, 3.8) is 0 Å². The molecule has 0 atom stereocenters. The summed E-state index contributed by atoms with van der Waals surface area (Å²) in [4.78, 5) is 18.1. The third-order valence-electron chi connectivity index (χ3n) is 3.23. The number of rotatable bonds is 2. The Bertz CT molecular complexity index is 817. The lowest BCUT2D eigenvalue weighted by Crippen LogP contribution is -2.27. The van der Waals surface area contributed by atoms with Crippen LogP contribution < -0.4 is 4.90 Å². The Morgan fingerprint density at radius 3 is 2.46 bits per heavy atom. The van der Waals surface area contributed by atoms with Crippen molar-refractivity contribution < 1.29 is 18.0 Å². The van der Waals surface area contributed by atoms with Gasteiger partial charge in [0.05, 0.1) is 22.4 Å². The molecule has 0 spiro atoms. The Balaban J connectivity index is 1.87. The van der Waals surface area contributed by atoms with Gasteiger partial charge in [0, 0.05) is 6.20 Å². The van der Waals surface area contributed by atoms with E-state index >= 15 is 0 Å². The van der Waals surface area contributed by atoms with Crippen LogP contribution in [0.2, 0.25) is 0 Å². The highest BCUT2D eigenvalue weighted by Crippen LogP contribution is 2.36. The summed E-state index contributed by atoms with van der Waals surface area (Å²) in [7, 11) is 0. The first-order valence-electron chi connectivity index (χ1n) is 6.71. The third-order valence-corrected chi connectivity index (χ3v) is 4.54. The second-order valence-electron chi connectivity index (χ2n) is 4.85. The molecule has 8 heteroatoms. The zero-order valence-electron chi connectivity index (χ0n) is 11.9. The lowest BCUT2D eigenvalue weighted by molar-refractivity contribution is -0.137. The summed E-state index contributed by atoms with van der Waals surface area (Å²) in [6, 6.07) is 7.99. The van der Waals surface area contributed by atoms with Gasteiger partial charge in [-0.3, -0.25) is 14.7 Å². The molecule has 24 heavy (non-hydrogen) atoms. The molecule has 122 valence electrons. The highest BCUT2D eigenvalue weighted by molar-refractivity contribution is 8.27. The molecule has 1 aromatic heterocycles. The number of hydrogen-bond acceptors (Lipinski definition) is 4. The van der Waals surface area contributed by atoms with Crippen LogP contribution in [-0.4, -0.2) is 15.2 Å². The Kier molecular flexibility index (Phi) is 4.42. The Hall–Kier alpha value is -2.19. The van der Waals surface area contributed by atoms with E-state index in [-0.39, 0.29) is 5.91 Å². The van der Waals surface area contributed by atoms with Crippen molar-refractivity contribution in [2.45, 2.75) is 6.18 Å². The fourth-order valence-corrected chi connectivity index (χ4v) is 3.40. The number of benzene rings is 1. The maximum Gasteiger partial charge on any atom is 0.416 e. The number of anilines is 1. The lowest BCUT2D eigenvalue weighted by atomic mass is 10.1. The molecule has 0 aliphatic carbocycles. The van der Waals surface area contributed by atoms with Crippen LogP contribution in [0.4, 0.5) is 18.9 Å². The molecule has 0 bridgehead atoms. The molecule has 1 aliphatic heterocycles. The topological polar surface area (TPSA) is 33.2 Å². The number of hydrogen-bond donors (Lipinski definition) is 0. The van der Waals surface area contributed by atoms with Gasteiger partial charge < -0.3 is 0 Å². The Morgan fingerprint density at radius 2 is 1.88 bits per heavy atom. The van der Waals surface area contributed by atoms with Crippen LogP contribution in [0.25, 0.3) is 6.08 Å². The molecule has 0 radical (unpaired) electrons. The molecule has 1 saturated heterocycles. The molecule has 0 saturated carbocycles. The molecule has 0 N–H and O–H groups in total. The van der Waals surface area contributed by atoms with E-state index in [2.05, 4.69) is 4.98 Å². The fourth-order valence-electron chi connectivity index (χ4n) is 2.10. The summed E-state index contributed by atoms with van der Waals surface area (Å²) >= 11 is 6.31. The van der Waals surface area contributed by atoms with Gasteiger partial charge in [-0.15, -0.1) is 0 Å². The van der Waals surface area contributed by atoms with Gasteiger partial charge in [-0.05, 0) is 35.9 Å². The molecule has 1 aliphatic rings. The second kappa shape index (κ2) is 6.37. The summed E-state index contributed by atoms with van der Waals surface area (Å²) in [6.07, 6.45) is 0.239. The number of carbonyl (C=O) groups excluding carboxylic acids is 1. The minimum Gasteiger partial charge on any atom is -0.268 e. The number of pyridine rings is 1. The van der Waals surface area contributed by atoms with Crippen molar-refractivity contribution in [3.05, 3.63) is 64.8 Å². The van der Waals surface area contributed by atoms with Gasteiger partial charge in [0.1, 0.15) is 0 Å². The summed E-state index contributed by atoms with van der Waals surface area (Å²) in [5, 5.41) is 0. The van der Waals surface area contributed by atoms with Gasteiger partial charge in [-0.2, -0.15) is 13.2 Å². The molecule has 1 aromatic carbocycles.